The summed E-state index contributed by atoms with van der Waals surface area (Å²) in [5, 5.41) is 8.99. The van der Waals surface area contributed by atoms with E-state index in [4.69, 9.17) is 5.11 Å². The Morgan fingerprint density at radius 3 is 1.93 bits per heavy atom. The molecule has 88 valence electrons. The fourth-order valence-corrected chi connectivity index (χ4v) is 1.33. The number of amides is 1. The summed E-state index contributed by atoms with van der Waals surface area (Å²) in [4.78, 5) is 24.2. The van der Waals surface area contributed by atoms with E-state index in [0.717, 1.165) is 12.8 Å². The maximum Gasteiger partial charge on any atom is 0.329 e. The van der Waals surface area contributed by atoms with Crippen molar-refractivity contribution >= 4 is 11.9 Å². The van der Waals surface area contributed by atoms with Crippen LogP contribution in [0.1, 0.15) is 40.5 Å². The van der Waals surface area contributed by atoms with Crippen LogP contribution in [0.2, 0.25) is 0 Å². The lowest BCUT2D eigenvalue weighted by Gasteiger charge is -2.33. The zero-order valence-corrected chi connectivity index (χ0v) is 10.2. The second kappa shape index (κ2) is 5.14. The van der Waals surface area contributed by atoms with Crippen LogP contribution in [0.3, 0.4) is 0 Å². The average molecular weight is 215 g/mol. The van der Waals surface area contributed by atoms with Crippen molar-refractivity contribution < 1.29 is 14.7 Å². The quantitative estimate of drug-likeness (QED) is 0.760. The van der Waals surface area contributed by atoms with E-state index in [9.17, 15) is 9.59 Å². The van der Waals surface area contributed by atoms with Gasteiger partial charge in [-0.1, -0.05) is 13.8 Å². The number of nitrogens with zero attached hydrogens (tertiary/aromatic N) is 1. The van der Waals surface area contributed by atoms with Crippen LogP contribution in [0.15, 0.2) is 0 Å². The Labute approximate surface area is 91.3 Å². The molecule has 0 aromatic carbocycles. The molecule has 0 fully saturated rings. The lowest BCUT2D eigenvalue weighted by molar-refractivity contribution is -0.157. The molecular weight excluding hydrogens is 194 g/mol. The summed E-state index contributed by atoms with van der Waals surface area (Å²) >= 11 is 0. The summed E-state index contributed by atoms with van der Waals surface area (Å²) in [7, 11) is 1.55. The van der Waals surface area contributed by atoms with Crippen molar-refractivity contribution in [3.05, 3.63) is 0 Å². The molecule has 0 radical (unpaired) electrons. The number of carboxylic acid groups (broad SMARTS) is 1. The predicted molar refractivity (Wildman–Crippen MR) is 58.6 cm³/mol. The Balaban J connectivity index is 4.77. The molecule has 0 aliphatic heterocycles. The molecule has 0 aromatic rings. The van der Waals surface area contributed by atoms with Crippen LogP contribution >= 0.6 is 0 Å². The van der Waals surface area contributed by atoms with Crippen molar-refractivity contribution in [1.29, 1.82) is 0 Å². The van der Waals surface area contributed by atoms with Gasteiger partial charge in [0.2, 0.25) is 5.91 Å². The molecule has 0 saturated carbocycles. The third-order valence-electron chi connectivity index (χ3n) is 3.03. The Morgan fingerprint density at radius 2 is 1.67 bits per heavy atom. The third kappa shape index (κ3) is 2.94. The van der Waals surface area contributed by atoms with Crippen molar-refractivity contribution in [3.63, 3.8) is 0 Å². The normalized spacial score (nSPS) is 11.6. The Kier molecular flexibility index (Phi) is 4.78. The van der Waals surface area contributed by atoms with E-state index in [1.165, 1.54) is 18.7 Å². The number of rotatable bonds is 5. The highest BCUT2D eigenvalue weighted by Gasteiger charge is 2.36. The van der Waals surface area contributed by atoms with Crippen LogP contribution in [0.5, 0.6) is 0 Å². The van der Waals surface area contributed by atoms with E-state index in [2.05, 4.69) is 0 Å². The minimum atomic E-state index is -1.14. The van der Waals surface area contributed by atoms with Gasteiger partial charge in [0, 0.05) is 13.0 Å². The molecule has 0 saturated heterocycles. The molecule has 1 N–H and O–H groups in total. The van der Waals surface area contributed by atoms with E-state index in [0.29, 0.717) is 0 Å². The number of aliphatic carboxylic acids is 1. The first-order valence-corrected chi connectivity index (χ1v) is 5.30. The monoisotopic (exact) mass is 215 g/mol. The van der Waals surface area contributed by atoms with Gasteiger partial charge in [-0.3, -0.25) is 4.79 Å². The van der Waals surface area contributed by atoms with E-state index in [1.54, 1.807) is 7.05 Å². The SMILES string of the molecule is CCC(CC)C(=O)N(C)C(C)(C)C(=O)O. The van der Waals surface area contributed by atoms with E-state index in [1.807, 2.05) is 13.8 Å². The molecule has 0 rings (SSSR count). The molecule has 0 bridgehead atoms. The molecule has 4 nitrogen and oxygen atoms in total. The Hall–Kier alpha value is -1.06. The number of carboxylic acids is 1. The zero-order chi connectivity index (χ0) is 12.2. The number of hydrogen-bond donors (Lipinski definition) is 1. The van der Waals surface area contributed by atoms with Crippen molar-refractivity contribution in [2.45, 2.75) is 46.1 Å². The number of hydrogen-bond acceptors (Lipinski definition) is 2. The molecule has 15 heavy (non-hydrogen) atoms. The second-order valence-electron chi connectivity index (χ2n) is 4.27. The van der Waals surface area contributed by atoms with Crippen molar-refractivity contribution in [2.24, 2.45) is 5.92 Å². The van der Waals surface area contributed by atoms with Crippen LogP contribution in [-0.4, -0.2) is 34.5 Å². The largest absolute Gasteiger partial charge is 0.480 e. The van der Waals surface area contributed by atoms with Gasteiger partial charge in [0.15, 0.2) is 0 Å². The minimum Gasteiger partial charge on any atom is -0.480 e. The molecule has 0 unspecified atom stereocenters. The van der Waals surface area contributed by atoms with E-state index < -0.39 is 11.5 Å². The van der Waals surface area contributed by atoms with Gasteiger partial charge in [-0.15, -0.1) is 0 Å². The Morgan fingerprint density at radius 1 is 1.27 bits per heavy atom. The van der Waals surface area contributed by atoms with E-state index >= 15 is 0 Å². The average Bonchev–Trinajstić information content (AvgIpc) is 2.17. The van der Waals surface area contributed by atoms with Gasteiger partial charge in [-0.05, 0) is 26.7 Å². The molecule has 0 heterocycles. The molecule has 0 spiro atoms. The first-order chi connectivity index (χ1) is 6.78. The summed E-state index contributed by atoms with van der Waals surface area (Å²) in [6.45, 7) is 6.95. The topological polar surface area (TPSA) is 57.6 Å². The fourth-order valence-electron chi connectivity index (χ4n) is 1.33. The van der Waals surface area contributed by atoms with Gasteiger partial charge >= 0.3 is 5.97 Å². The van der Waals surface area contributed by atoms with Crippen molar-refractivity contribution in [1.82, 2.24) is 4.90 Å². The maximum absolute atomic E-state index is 11.9. The lowest BCUT2D eigenvalue weighted by Crippen LogP contribution is -2.52. The second-order valence-corrected chi connectivity index (χ2v) is 4.27. The van der Waals surface area contributed by atoms with Gasteiger partial charge in [-0.2, -0.15) is 0 Å². The molecule has 0 atom stereocenters. The van der Waals surface area contributed by atoms with Crippen LogP contribution in [0.25, 0.3) is 0 Å². The van der Waals surface area contributed by atoms with Gasteiger partial charge in [0.1, 0.15) is 5.54 Å². The highest BCUT2D eigenvalue weighted by atomic mass is 16.4. The van der Waals surface area contributed by atoms with Crippen LogP contribution in [-0.2, 0) is 9.59 Å². The van der Waals surface area contributed by atoms with Crippen LogP contribution in [0, 0.1) is 5.92 Å². The summed E-state index contributed by atoms with van der Waals surface area (Å²) in [6.07, 6.45) is 1.49. The highest BCUT2D eigenvalue weighted by molar-refractivity contribution is 5.87. The van der Waals surface area contributed by atoms with Crippen LogP contribution in [0.4, 0.5) is 0 Å². The molecule has 0 aromatic heterocycles. The third-order valence-corrected chi connectivity index (χ3v) is 3.03. The molecule has 4 heteroatoms. The highest BCUT2D eigenvalue weighted by Crippen LogP contribution is 2.19. The summed E-state index contributed by atoms with van der Waals surface area (Å²) in [5.41, 5.74) is -1.14. The summed E-state index contributed by atoms with van der Waals surface area (Å²) in [6, 6.07) is 0. The van der Waals surface area contributed by atoms with Gasteiger partial charge in [0.05, 0.1) is 0 Å². The fraction of sp³-hybridized carbons (Fsp3) is 0.818. The summed E-state index contributed by atoms with van der Waals surface area (Å²) in [5.74, 6) is -1.15. The first-order valence-electron chi connectivity index (χ1n) is 5.30. The number of carbonyl (C=O) groups is 2. The standard InChI is InChI=1S/C11H21NO3/c1-6-8(7-2)9(13)12(5)11(3,4)10(14)15/h8H,6-7H2,1-5H3,(H,14,15). The van der Waals surface area contributed by atoms with E-state index in [-0.39, 0.29) is 11.8 Å². The number of carbonyl (C=O) groups excluding carboxylic acids is 1. The zero-order valence-electron chi connectivity index (χ0n) is 10.2. The van der Waals surface area contributed by atoms with Gasteiger partial charge in [-0.25, -0.2) is 4.79 Å². The number of likely N-dealkylation sites (N-methyl/N-ethyl adjacent to an activating group) is 1. The first kappa shape index (κ1) is 13.9. The lowest BCUT2D eigenvalue weighted by atomic mass is 9.97. The maximum atomic E-state index is 11.9. The molecule has 1 amide bonds. The molecular formula is C11H21NO3. The van der Waals surface area contributed by atoms with Crippen molar-refractivity contribution in [3.8, 4) is 0 Å². The van der Waals surface area contributed by atoms with Crippen molar-refractivity contribution in [2.75, 3.05) is 7.05 Å². The smallest absolute Gasteiger partial charge is 0.329 e. The molecule has 0 aliphatic rings. The van der Waals surface area contributed by atoms with Crippen LogP contribution < -0.4 is 0 Å². The van der Waals surface area contributed by atoms with Gasteiger partial charge in [0.25, 0.3) is 0 Å². The Bertz CT molecular complexity index is 244. The summed E-state index contributed by atoms with van der Waals surface area (Å²) < 4.78 is 0. The minimum absolute atomic E-state index is 0.0753. The molecule has 0 aliphatic carbocycles. The van der Waals surface area contributed by atoms with Gasteiger partial charge < -0.3 is 10.0 Å². The predicted octanol–water partition coefficient (Wildman–Crippen LogP) is 1.74.